The fourth-order valence-electron chi connectivity index (χ4n) is 3.05. The van der Waals surface area contributed by atoms with Crippen molar-refractivity contribution < 1.29 is 4.79 Å². The zero-order valence-electron chi connectivity index (χ0n) is 13.2. The molecule has 120 valence electrons. The first-order valence-corrected chi connectivity index (χ1v) is 9.35. The first kappa shape index (κ1) is 15.7. The van der Waals surface area contributed by atoms with Gasteiger partial charge in [-0.3, -0.25) is 9.69 Å². The minimum Gasteiger partial charge on any atom is -0.341 e. The van der Waals surface area contributed by atoms with Gasteiger partial charge in [-0.15, -0.1) is 0 Å². The Kier molecular flexibility index (Phi) is 5.31. The summed E-state index contributed by atoms with van der Waals surface area (Å²) in [5, 5.41) is 0.817. The van der Waals surface area contributed by atoms with Crippen LogP contribution in [0.4, 0.5) is 0 Å². The van der Waals surface area contributed by atoms with Gasteiger partial charge in [-0.25, -0.2) is 9.97 Å². The second kappa shape index (κ2) is 7.42. The van der Waals surface area contributed by atoms with Gasteiger partial charge in [0.2, 0.25) is 5.91 Å². The maximum atomic E-state index is 12.4. The van der Waals surface area contributed by atoms with E-state index in [1.54, 1.807) is 11.8 Å². The van der Waals surface area contributed by atoms with E-state index in [1.165, 1.54) is 6.42 Å². The third-order valence-corrected chi connectivity index (χ3v) is 5.20. The lowest BCUT2D eigenvalue weighted by Crippen LogP contribution is -2.41. The van der Waals surface area contributed by atoms with Gasteiger partial charge in [0.25, 0.3) is 0 Å². The summed E-state index contributed by atoms with van der Waals surface area (Å²) in [6.45, 7) is 4.63. The molecule has 2 fully saturated rings. The highest BCUT2D eigenvalue weighted by atomic mass is 32.2. The fourth-order valence-corrected chi connectivity index (χ4v) is 3.37. The molecule has 0 atom stereocenters. The highest BCUT2D eigenvalue weighted by molar-refractivity contribution is 7.98. The van der Waals surface area contributed by atoms with Crippen LogP contribution in [0, 0.1) is 5.92 Å². The Morgan fingerprint density at radius 1 is 1.18 bits per heavy atom. The normalized spacial score (nSPS) is 20.5. The third-order valence-electron chi connectivity index (χ3n) is 4.62. The van der Waals surface area contributed by atoms with Crippen LogP contribution < -0.4 is 0 Å². The first-order valence-electron chi connectivity index (χ1n) is 8.12. The molecule has 0 unspecified atom stereocenters. The molecule has 0 spiro atoms. The summed E-state index contributed by atoms with van der Waals surface area (Å²) < 4.78 is 0. The van der Waals surface area contributed by atoms with Gasteiger partial charge in [-0.1, -0.05) is 18.2 Å². The molecule has 1 amide bonds. The molecule has 0 bridgehead atoms. The van der Waals surface area contributed by atoms with E-state index in [0.717, 1.165) is 62.7 Å². The number of hydrogen-bond donors (Lipinski definition) is 0. The summed E-state index contributed by atoms with van der Waals surface area (Å²) >= 11 is 1.56. The van der Waals surface area contributed by atoms with E-state index in [9.17, 15) is 4.79 Å². The molecular formula is C16H24N4OS. The van der Waals surface area contributed by atoms with Crippen LogP contribution in [-0.4, -0.2) is 58.1 Å². The van der Waals surface area contributed by atoms with Crippen LogP contribution in [0.5, 0.6) is 0 Å². The lowest BCUT2D eigenvalue weighted by atomic mass is 9.84. The number of nitrogens with zero attached hydrogens (tertiary/aromatic N) is 4. The Balaban J connectivity index is 1.52. The summed E-state index contributed by atoms with van der Waals surface area (Å²) in [6.07, 6.45) is 10.3. The van der Waals surface area contributed by atoms with E-state index in [-0.39, 0.29) is 0 Å². The number of amides is 1. The van der Waals surface area contributed by atoms with Crippen LogP contribution in [0.25, 0.3) is 0 Å². The van der Waals surface area contributed by atoms with Crippen molar-refractivity contribution in [1.82, 2.24) is 19.8 Å². The van der Waals surface area contributed by atoms with Gasteiger partial charge >= 0.3 is 0 Å². The lowest BCUT2D eigenvalue weighted by Gasteiger charge is -2.31. The SMILES string of the molecule is CSc1ncc(CN2CCCN(C(=O)C3CCC3)CC2)cn1. The van der Waals surface area contributed by atoms with Crippen molar-refractivity contribution in [1.29, 1.82) is 0 Å². The maximum Gasteiger partial charge on any atom is 0.225 e. The van der Waals surface area contributed by atoms with Crippen LogP contribution >= 0.6 is 11.8 Å². The van der Waals surface area contributed by atoms with Gasteiger partial charge in [0.15, 0.2) is 5.16 Å². The van der Waals surface area contributed by atoms with Crippen molar-refractivity contribution in [2.75, 3.05) is 32.4 Å². The minimum absolute atomic E-state index is 0.319. The highest BCUT2D eigenvalue weighted by Gasteiger charge is 2.30. The van der Waals surface area contributed by atoms with E-state index >= 15 is 0 Å². The van der Waals surface area contributed by atoms with Crippen LogP contribution in [0.15, 0.2) is 17.6 Å². The number of thioether (sulfide) groups is 1. The largest absolute Gasteiger partial charge is 0.341 e. The Morgan fingerprint density at radius 2 is 1.95 bits per heavy atom. The molecule has 3 rings (SSSR count). The van der Waals surface area contributed by atoms with Gasteiger partial charge in [-0.05, 0) is 25.5 Å². The molecule has 2 aliphatic rings. The Hall–Kier alpha value is -1.14. The predicted molar refractivity (Wildman–Crippen MR) is 87.6 cm³/mol. The molecule has 1 aromatic heterocycles. The molecule has 6 heteroatoms. The molecular weight excluding hydrogens is 296 g/mol. The number of rotatable bonds is 4. The smallest absolute Gasteiger partial charge is 0.225 e. The van der Waals surface area contributed by atoms with Gasteiger partial charge in [0.05, 0.1) is 0 Å². The molecule has 1 saturated carbocycles. The van der Waals surface area contributed by atoms with Gasteiger partial charge in [-0.2, -0.15) is 0 Å². The summed E-state index contributed by atoms with van der Waals surface area (Å²) in [5.41, 5.74) is 1.15. The molecule has 1 aromatic rings. The molecule has 0 N–H and O–H groups in total. The molecule has 5 nitrogen and oxygen atoms in total. The van der Waals surface area contributed by atoms with Crippen molar-refractivity contribution in [2.24, 2.45) is 5.92 Å². The van der Waals surface area contributed by atoms with Gasteiger partial charge in [0, 0.05) is 56.6 Å². The number of hydrogen-bond acceptors (Lipinski definition) is 5. The van der Waals surface area contributed by atoms with E-state index in [1.807, 2.05) is 18.6 Å². The number of aromatic nitrogens is 2. The van der Waals surface area contributed by atoms with E-state index in [0.29, 0.717) is 11.8 Å². The van der Waals surface area contributed by atoms with Crippen molar-refractivity contribution in [3.8, 4) is 0 Å². The Morgan fingerprint density at radius 3 is 2.59 bits per heavy atom. The monoisotopic (exact) mass is 320 g/mol. The third kappa shape index (κ3) is 3.79. The second-order valence-electron chi connectivity index (χ2n) is 6.16. The van der Waals surface area contributed by atoms with E-state index in [4.69, 9.17) is 0 Å². The summed E-state index contributed by atoms with van der Waals surface area (Å²) in [4.78, 5) is 25.5. The maximum absolute atomic E-state index is 12.4. The van der Waals surface area contributed by atoms with Gasteiger partial charge in [0.1, 0.15) is 0 Å². The van der Waals surface area contributed by atoms with Crippen molar-refractivity contribution >= 4 is 17.7 Å². The van der Waals surface area contributed by atoms with Crippen molar-refractivity contribution in [3.05, 3.63) is 18.0 Å². The summed E-state index contributed by atoms with van der Waals surface area (Å²) in [7, 11) is 0. The Bertz CT molecular complexity index is 503. The average molecular weight is 320 g/mol. The fraction of sp³-hybridized carbons (Fsp3) is 0.688. The average Bonchev–Trinajstić information content (AvgIpc) is 2.72. The first-order chi connectivity index (χ1) is 10.8. The minimum atomic E-state index is 0.319. The molecule has 1 aliphatic carbocycles. The van der Waals surface area contributed by atoms with Crippen molar-refractivity contribution in [3.63, 3.8) is 0 Å². The second-order valence-corrected chi connectivity index (χ2v) is 6.93. The standard InChI is InChI=1S/C16H24N4OS/c1-22-16-17-10-13(11-18-16)12-19-6-3-7-20(9-8-19)15(21)14-4-2-5-14/h10-11,14H,2-9,12H2,1H3. The lowest BCUT2D eigenvalue weighted by molar-refractivity contribution is -0.138. The highest BCUT2D eigenvalue weighted by Crippen LogP contribution is 2.28. The molecule has 0 aromatic carbocycles. The van der Waals surface area contributed by atoms with Crippen molar-refractivity contribution in [2.45, 2.75) is 37.4 Å². The van der Waals surface area contributed by atoms with E-state index in [2.05, 4.69) is 19.8 Å². The number of carbonyl (C=O) groups excluding carboxylic acids is 1. The number of carbonyl (C=O) groups is 1. The van der Waals surface area contributed by atoms with Crippen LogP contribution in [0.2, 0.25) is 0 Å². The van der Waals surface area contributed by atoms with Crippen LogP contribution in [0.3, 0.4) is 0 Å². The zero-order valence-corrected chi connectivity index (χ0v) is 14.0. The van der Waals surface area contributed by atoms with Crippen LogP contribution in [0.1, 0.15) is 31.2 Å². The zero-order chi connectivity index (χ0) is 15.4. The van der Waals surface area contributed by atoms with Crippen LogP contribution in [-0.2, 0) is 11.3 Å². The predicted octanol–water partition coefficient (Wildman–Crippen LogP) is 2.03. The summed E-state index contributed by atoms with van der Waals surface area (Å²) in [5.74, 6) is 0.708. The quantitative estimate of drug-likeness (QED) is 0.627. The topological polar surface area (TPSA) is 49.3 Å². The summed E-state index contributed by atoms with van der Waals surface area (Å²) in [6, 6.07) is 0. The molecule has 2 heterocycles. The van der Waals surface area contributed by atoms with Gasteiger partial charge < -0.3 is 4.90 Å². The Labute approximate surface area is 136 Å². The molecule has 0 radical (unpaired) electrons. The molecule has 22 heavy (non-hydrogen) atoms. The molecule has 1 saturated heterocycles. The molecule has 1 aliphatic heterocycles. The van der Waals surface area contributed by atoms with E-state index < -0.39 is 0 Å².